The smallest absolute Gasteiger partial charge is 0.252 e. The van der Waals surface area contributed by atoms with Crippen LogP contribution < -0.4 is 32.8 Å². The number of nitrogens with zero attached hydrogens (tertiary/aromatic N) is 5. The first-order chi connectivity index (χ1) is 36.3. The topological polar surface area (TPSA) is 24.6 Å². The van der Waals surface area contributed by atoms with E-state index in [0.717, 1.165) is 0 Å². The molecule has 0 amide bonds. The number of hydrogen-bond donors (Lipinski definition) is 0. The normalized spacial score (nSPS) is 13.7. The first kappa shape index (κ1) is 36.5. The maximum atomic E-state index is 2.75. The van der Waals surface area contributed by atoms with Gasteiger partial charge < -0.3 is 22.8 Å². The molecular weight excluding hydrogens is 884 g/mol. The van der Waals surface area contributed by atoms with Crippen LogP contribution in [0.3, 0.4) is 0 Å². The Morgan fingerprint density at radius 2 is 0.548 bits per heavy atom. The lowest BCUT2D eigenvalue weighted by Gasteiger charge is -2.41. The second-order valence-electron chi connectivity index (χ2n) is 21.1. The predicted molar refractivity (Wildman–Crippen MR) is 307 cm³/mol. The Bertz CT molecular complexity index is 5260. The summed E-state index contributed by atoms with van der Waals surface area (Å²) in [5.74, 6) is 0. The molecule has 4 aliphatic heterocycles. The summed E-state index contributed by atoms with van der Waals surface area (Å²) in [4.78, 5) is 0. The monoisotopic (exact) mass is 919 g/mol. The lowest BCUT2D eigenvalue weighted by Crippen LogP contribution is -2.66. The van der Waals surface area contributed by atoms with E-state index >= 15 is 0 Å². The van der Waals surface area contributed by atoms with Gasteiger partial charge in [-0.2, -0.15) is 0 Å². The maximum Gasteiger partial charge on any atom is 0.252 e. The predicted octanol–water partition coefficient (Wildman–Crippen LogP) is 11.5. The molecule has 0 saturated heterocycles. The van der Waals surface area contributed by atoms with Crippen LogP contribution in [0.2, 0.25) is 0 Å². The fourth-order valence-corrected chi connectivity index (χ4v) is 15.5. The van der Waals surface area contributed by atoms with E-state index in [1.54, 1.807) is 0 Å². The van der Waals surface area contributed by atoms with Crippen molar-refractivity contribution < 1.29 is 0 Å². The zero-order chi connectivity index (χ0) is 46.7. The quantitative estimate of drug-likeness (QED) is 0.154. The van der Waals surface area contributed by atoms with E-state index in [0.29, 0.717) is 0 Å². The minimum atomic E-state index is -0.0872. The third-order valence-electron chi connectivity index (χ3n) is 18.0. The summed E-state index contributed by atoms with van der Waals surface area (Å²) in [6, 6.07) is 81.2. The number of rotatable bonds is 2. The molecule has 0 fully saturated rings. The van der Waals surface area contributed by atoms with E-state index < -0.39 is 0 Å². The van der Waals surface area contributed by atoms with Gasteiger partial charge in [0.15, 0.2) is 0 Å². The minimum Gasteiger partial charge on any atom is -0.311 e. The Hall–Kier alpha value is -9.45. The van der Waals surface area contributed by atoms with Crippen LogP contribution >= 0.6 is 0 Å². The molecule has 16 aromatic rings. The molecule has 0 radical (unpaired) electrons. The summed E-state index contributed by atoms with van der Waals surface area (Å²) in [5, 5.41) is 12.9. The van der Waals surface area contributed by atoms with Crippen LogP contribution in [-0.2, 0) is 0 Å². The Morgan fingerprint density at radius 1 is 0.233 bits per heavy atom. The molecule has 7 heteroatoms. The van der Waals surface area contributed by atoms with Gasteiger partial charge >= 0.3 is 0 Å². The third-order valence-corrected chi connectivity index (χ3v) is 18.0. The van der Waals surface area contributed by atoms with Gasteiger partial charge in [-0.05, 0) is 99.5 Å². The van der Waals surface area contributed by atoms with Gasteiger partial charge in [0, 0.05) is 104 Å². The summed E-state index contributed by atoms with van der Waals surface area (Å²) >= 11 is 0. The highest BCUT2D eigenvalue weighted by molar-refractivity contribution is 7.04. The third kappa shape index (κ3) is 3.96. The first-order valence-corrected chi connectivity index (χ1v) is 25.7. The molecule has 9 heterocycles. The molecule has 0 N–H and O–H groups in total. The Morgan fingerprint density at radius 3 is 1.01 bits per heavy atom. The Kier molecular flexibility index (Phi) is 6.08. The van der Waals surface area contributed by atoms with Gasteiger partial charge in [0.05, 0.1) is 33.1 Å². The molecule has 0 atom stereocenters. The van der Waals surface area contributed by atoms with Crippen LogP contribution in [0.4, 0.5) is 0 Å². The van der Waals surface area contributed by atoms with Crippen molar-refractivity contribution in [1.82, 2.24) is 22.8 Å². The average Bonchev–Trinajstić information content (AvgIpc) is 4.26. The molecule has 4 aliphatic rings. The van der Waals surface area contributed by atoms with E-state index in [4.69, 9.17) is 0 Å². The van der Waals surface area contributed by atoms with Crippen LogP contribution in [0.15, 0.2) is 212 Å². The number of aromatic nitrogens is 5. The van der Waals surface area contributed by atoms with Crippen LogP contribution in [0, 0.1) is 0 Å². The van der Waals surface area contributed by atoms with Crippen LogP contribution in [0.5, 0.6) is 0 Å². The highest BCUT2D eigenvalue weighted by Gasteiger charge is 2.49. The van der Waals surface area contributed by atoms with E-state index in [1.807, 2.05) is 0 Å². The molecule has 0 spiro atoms. The second-order valence-corrected chi connectivity index (χ2v) is 21.1. The van der Waals surface area contributed by atoms with Crippen molar-refractivity contribution in [2.75, 3.05) is 0 Å². The fraction of sp³-hybridized carbons (Fsp3) is 0. The minimum absolute atomic E-state index is 0.0436. The Balaban J connectivity index is 1.03. The molecule has 5 aromatic heterocycles. The second kappa shape index (κ2) is 12.2. The van der Waals surface area contributed by atoms with Crippen LogP contribution in [0.25, 0.3) is 137 Å². The van der Waals surface area contributed by atoms with E-state index in [9.17, 15) is 0 Å². The molecule has 0 unspecified atom stereocenters. The van der Waals surface area contributed by atoms with E-state index in [1.165, 1.54) is 170 Å². The van der Waals surface area contributed by atoms with Crippen molar-refractivity contribution in [1.29, 1.82) is 0 Å². The highest BCUT2D eigenvalue weighted by atomic mass is 15.1. The van der Waals surface area contributed by atoms with Gasteiger partial charge in [-0.1, -0.05) is 146 Å². The number of para-hydroxylation sites is 8. The maximum absolute atomic E-state index is 2.75. The summed E-state index contributed by atoms with van der Waals surface area (Å²) in [5.41, 5.74) is 27.2. The van der Waals surface area contributed by atoms with Gasteiger partial charge in [0.2, 0.25) is 0 Å². The highest BCUT2D eigenvalue weighted by Crippen LogP contribution is 2.45. The lowest BCUT2D eigenvalue weighted by molar-refractivity contribution is 1.11. The summed E-state index contributed by atoms with van der Waals surface area (Å²) < 4.78 is 13.1. The molecule has 11 aromatic carbocycles. The summed E-state index contributed by atoms with van der Waals surface area (Å²) in [6.45, 7) is -0.0436. The zero-order valence-corrected chi connectivity index (χ0v) is 39.1. The van der Waals surface area contributed by atoms with Crippen molar-refractivity contribution in [3.05, 3.63) is 212 Å². The number of fused-ring (bicyclic) bond motifs is 19. The first-order valence-electron chi connectivity index (χ1n) is 25.7. The fourth-order valence-electron chi connectivity index (χ4n) is 15.5. The SMILES string of the molecule is c1ccc2c(c1)c1ccccc1n2-c1cc2c3c(c1)c1ccccc1n3-c1cc3c4c5c1B2c1cc(-n2c6ccccc6c6ccccc62)cc2c6cccc(c6n-5c12)B4c1cccc2c4ccccc4n-3c12. The molecule has 0 saturated carbocycles. The van der Waals surface area contributed by atoms with Gasteiger partial charge in [-0.25, -0.2) is 0 Å². The molecular formula is C66H35B2N5. The zero-order valence-electron chi connectivity index (χ0n) is 39.1. The van der Waals surface area contributed by atoms with Gasteiger partial charge in [-0.15, -0.1) is 0 Å². The molecule has 20 rings (SSSR count). The number of hydrogen-bond acceptors (Lipinski definition) is 0. The van der Waals surface area contributed by atoms with Gasteiger partial charge in [0.1, 0.15) is 0 Å². The average molecular weight is 920 g/mol. The standard InChI is InChI=1S/C66H35B2N5/c1-7-25-52-38(15-1)39-16-2-8-26-53(39)69(52)36-31-46-43-20-6-12-30-57(43)72-59-35-58-60-66-61(59)68(50(33-36)64(46)72)51-34-37(70-54-27-9-3-17-40(54)41-18-4-10-28-55(41)70)32-47-45-22-14-24-49(63(45)73(66)65(47)51)67(60)48-23-13-21-44-42-19-5-11-29-56(42)71(58)62(44)48/h1-35H. The molecule has 0 aliphatic carbocycles. The molecule has 5 nitrogen and oxygen atoms in total. The van der Waals surface area contributed by atoms with Gasteiger partial charge in [-0.3, -0.25) is 0 Å². The van der Waals surface area contributed by atoms with Crippen molar-refractivity contribution in [3.8, 4) is 28.4 Å². The van der Waals surface area contributed by atoms with E-state index in [2.05, 4.69) is 235 Å². The summed E-state index contributed by atoms with van der Waals surface area (Å²) in [6.07, 6.45) is 0. The van der Waals surface area contributed by atoms with Crippen molar-refractivity contribution >= 4 is 155 Å². The van der Waals surface area contributed by atoms with Gasteiger partial charge in [0.25, 0.3) is 13.4 Å². The van der Waals surface area contributed by atoms with E-state index in [-0.39, 0.29) is 13.4 Å². The van der Waals surface area contributed by atoms with Crippen LogP contribution in [0.1, 0.15) is 0 Å². The summed E-state index contributed by atoms with van der Waals surface area (Å²) in [7, 11) is 0. The van der Waals surface area contributed by atoms with Crippen molar-refractivity contribution in [3.63, 3.8) is 0 Å². The van der Waals surface area contributed by atoms with Crippen LogP contribution in [-0.4, -0.2) is 36.3 Å². The number of benzene rings is 11. The molecule has 330 valence electrons. The lowest BCUT2D eigenvalue weighted by atomic mass is 9.30. The molecule has 73 heavy (non-hydrogen) atoms. The Labute approximate surface area is 416 Å². The van der Waals surface area contributed by atoms with Crippen molar-refractivity contribution in [2.45, 2.75) is 0 Å². The molecule has 0 bridgehead atoms. The van der Waals surface area contributed by atoms with Crippen molar-refractivity contribution in [2.24, 2.45) is 0 Å². The largest absolute Gasteiger partial charge is 0.311 e.